The molecule has 0 heterocycles. The third kappa shape index (κ3) is 68.6. The van der Waals surface area contributed by atoms with Crippen LogP contribution in [0.2, 0.25) is 0 Å². The van der Waals surface area contributed by atoms with Gasteiger partial charge >= 0.3 is 39.5 Å². The summed E-state index contributed by atoms with van der Waals surface area (Å²) < 4.78 is 68.4. The van der Waals surface area contributed by atoms with E-state index in [4.69, 9.17) is 37.0 Å². The Morgan fingerprint density at radius 3 is 0.723 bits per heavy atom. The van der Waals surface area contributed by atoms with E-state index < -0.39 is 97.5 Å². The summed E-state index contributed by atoms with van der Waals surface area (Å²) in [5.74, 6) is -0.655. The van der Waals surface area contributed by atoms with Crippen LogP contribution in [0.25, 0.3) is 0 Å². The molecule has 0 amide bonds. The Hall–Kier alpha value is -1.94. The summed E-state index contributed by atoms with van der Waals surface area (Å²) >= 11 is 0. The molecule has 0 saturated heterocycles. The van der Waals surface area contributed by atoms with Crippen molar-refractivity contribution < 1.29 is 80.2 Å². The molecule has 19 heteroatoms. The molecule has 2 unspecified atom stereocenters. The molecule has 558 valence electrons. The number of unbranched alkanes of at least 4 members (excludes halogenated alkanes) is 44. The standard InChI is InChI=1S/C75H146O17P2/c1-7-9-11-13-15-17-19-20-21-22-23-24-25-26-27-29-35-41-48-54-60-75(80)91-70(63-85-72(77)57-51-45-39-33-31-30-32-37-43-49-55-67(3)4)65-89-93(81,82)87-61-69(76)62-88-94(83,84)90-66-71(64-86-73(78)58-52-46-42-36-38-44-50-56-68(5)6)92-74(79)59-53-47-40-34-28-18-16-14-12-10-8-2/h67-71,76H,7-66H2,1-6H3,(H,81,82)(H,83,84)/t69-,70-,71-/m1/s1. The van der Waals surface area contributed by atoms with Crippen LogP contribution in [0.1, 0.15) is 388 Å². The lowest BCUT2D eigenvalue weighted by Gasteiger charge is -2.21. The Morgan fingerprint density at radius 2 is 0.489 bits per heavy atom. The van der Waals surface area contributed by atoms with Gasteiger partial charge < -0.3 is 33.8 Å². The van der Waals surface area contributed by atoms with Crippen LogP contribution >= 0.6 is 15.6 Å². The van der Waals surface area contributed by atoms with Gasteiger partial charge in [0.25, 0.3) is 0 Å². The first-order valence-electron chi connectivity index (χ1n) is 39.0. The third-order valence-corrected chi connectivity index (χ3v) is 19.4. The summed E-state index contributed by atoms with van der Waals surface area (Å²) in [6.07, 6.45) is 54.2. The molecule has 0 fully saturated rings. The summed E-state index contributed by atoms with van der Waals surface area (Å²) in [5, 5.41) is 10.6. The lowest BCUT2D eigenvalue weighted by Crippen LogP contribution is -2.30. The zero-order valence-corrected chi connectivity index (χ0v) is 63.1. The Labute approximate surface area is 575 Å². The molecule has 0 aromatic heterocycles. The van der Waals surface area contributed by atoms with Crippen LogP contribution in [0.15, 0.2) is 0 Å². The van der Waals surface area contributed by atoms with E-state index in [-0.39, 0.29) is 25.7 Å². The normalized spacial score (nSPS) is 14.0. The van der Waals surface area contributed by atoms with Gasteiger partial charge in [-0.15, -0.1) is 0 Å². The van der Waals surface area contributed by atoms with E-state index in [2.05, 4.69) is 41.5 Å². The van der Waals surface area contributed by atoms with E-state index in [0.29, 0.717) is 31.6 Å². The highest BCUT2D eigenvalue weighted by atomic mass is 31.2. The second kappa shape index (κ2) is 66.9. The van der Waals surface area contributed by atoms with Gasteiger partial charge in [0.1, 0.15) is 19.3 Å². The molecule has 5 atom stereocenters. The van der Waals surface area contributed by atoms with Crippen molar-refractivity contribution >= 4 is 39.5 Å². The van der Waals surface area contributed by atoms with Gasteiger partial charge in [-0.05, 0) is 37.5 Å². The minimum atomic E-state index is -4.96. The van der Waals surface area contributed by atoms with Crippen LogP contribution in [0.5, 0.6) is 0 Å². The van der Waals surface area contributed by atoms with Crippen molar-refractivity contribution in [3.63, 3.8) is 0 Å². The highest BCUT2D eigenvalue weighted by molar-refractivity contribution is 7.47. The molecule has 0 aliphatic heterocycles. The zero-order chi connectivity index (χ0) is 69.3. The van der Waals surface area contributed by atoms with Gasteiger partial charge in [0.15, 0.2) is 12.2 Å². The molecule has 0 saturated carbocycles. The third-order valence-electron chi connectivity index (χ3n) is 17.5. The number of rotatable bonds is 74. The van der Waals surface area contributed by atoms with Crippen LogP contribution in [0.3, 0.4) is 0 Å². The van der Waals surface area contributed by atoms with E-state index in [0.717, 1.165) is 102 Å². The number of ether oxygens (including phenoxy) is 4. The first kappa shape index (κ1) is 92.1. The molecular weight excluding hydrogens is 1230 g/mol. The number of aliphatic hydroxyl groups is 1. The number of hydrogen-bond donors (Lipinski definition) is 3. The summed E-state index contributed by atoms with van der Waals surface area (Å²) in [7, 11) is -9.91. The van der Waals surface area contributed by atoms with E-state index in [9.17, 15) is 43.2 Å². The maximum atomic E-state index is 13.1. The molecule has 0 radical (unpaired) electrons. The number of hydrogen-bond acceptors (Lipinski definition) is 15. The quantitative estimate of drug-likeness (QED) is 0.0222. The minimum absolute atomic E-state index is 0.106. The average molecular weight is 1380 g/mol. The van der Waals surface area contributed by atoms with Gasteiger partial charge in [0, 0.05) is 25.7 Å². The summed E-state index contributed by atoms with van der Waals surface area (Å²) in [4.78, 5) is 72.7. The summed E-state index contributed by atoms with van der Waals surface area (Å²) in [6, 6.07) is 0. The molecule has 0 aliphatic rings. The Morgan fingerprint density at radius 1 is 0.287 bits per heavy atom. The maximum absolute atomic E-state index is 13.1. The zero-order valence-electron chi connectivity index (χ0n) is 61.3. The number of esters is 4. The highest BCUT2D eigenvalue weighted by Gasteiger charge is 2.30. The predicted molar refractivity (Wildman–Crippen MR) is 381 cm³/mol. The molecule has 0 rings (SSSR count). The Kier molecular flexibility index (Phi) is 65.5. The van der Waals surface area contributed by atoms with Gasteiger partial charge in [0.2, 0.25) is 0 Å². The molecule has 0 aromatic carbocycles. The van der Waals surface area contributed by atoms with Crippen molar-refractivity contribution in [2.75, 3.05) is 39.6 Å². The van der Waals surface area contributed by atoms with Gasteiger partial charge in [-0.2, -0.15) is 0 Å². The second-order valence-electron chi connectivity index (χ2n) is 28.0. The predicted octanol–water partition coefficient (Wildman–Crippen LogP) is 21.9. The molecule has 0 spiro atoms. The first-order chi connectivity index (χ1) is 45.4. The monoisotopic (exact) mass is 1380 g/mol. The van der Waals surface area contributed by atoms with Crippen LogP contribution < -0.4 is 0 Å². The molecule has 17 nitrogen and oxygen atoms in total. The fourth-order valence-electron chi connectivity index (χ4n) is 11.5. The average Bonchev–Trinajstić information content (AvgIpc) is 1.44. The fraction of sp³-hybridized carbons (Fsp3) is 0.947. The topological polar surface area (TPSA) is 237 Å². The molecule has 3 N–H and O–H groups in total. The van der Waals surface area contributed by atoms with Gasteiger partial charge in [0.05, 0.1) is 26.4 Å². The Bertz CT molecular complexity index is 1820. The molecule has 0 aromatic rings. The van der Waals surface area contributed by atoms with Crippen LogP contribution in [-0.4, -0.2) is 96.7 Å². The lowest BCUT2D eigenvalue weighted by molar-refractivity contribution is -0.161. The van der Waals surface area contributed by atoms with Crippen molar-refractivity contribution in [2.24, 2.45) is 11.8 Å². The Balaban J connectivity index is 5.20. The number of aliphatic hydroxyl groups excluding tert-OH is 1. The summed E-state index contributed by atoms with van der Waals surface area (Å²) in [6.45, 7) is 9.52. The van der Waals surface area contributed by atoms with Crippen LogP contribution in [0.4, 0.5) is 0 Å². The van der Waals surface area contributed by atoms with Crippen molar-refractivity contribution in [1.82, 2.24) is 0 Å². The lowest BCUT2D eigenvalue weighted by atomic mass is 10.0. The summed E-state index contributed by atoms with van der Waals surface area (Å²) in [5.41, 5.74) is 0. The van der Waals surface area contributed by atoms with Crippen LogP contribution in [-0.2, 0) is 65.4 Å². The molecule has 94 heavy (non-hydrogen) atoms. The first-order valence-corrected chi connectivity index (χ1v) is 42.0. The van der Waals surface area contributed by atoms with Crippen molar-refractivity contribution in [3.8, 4) is 0 Å². The van der Waals surface area contributed by atoms with Gasteiger partial charge in [-0.25, -0.2) is 9.13 Å². The van der Waals surface area contributed by atoms with Gasteiger partial charge in [-0.3, -0.25) is 37.3 Å². The fourth-order valence-corrected chi connectivity index (χ4v) is 13.1. The van der Waals surface area contributed by atoms with E-state index in [1.807, 2.05) is 0 Å². The SMILES string of the molecule is CCCCCCCCCCCCCCCCCCCCCCC(=O)O[C@H](COC(=O)CCCCCCCCCCCCC(C)C)COP(=O)(O)OC[C@@H](O)COP(=O)(O)OC[C@@H](COC(=O)CCCCCCCCCC(C)C)OC(=O)CCCCCCCCCCCCC. The number of phosphoric acid groups is 2. The van der Waals surface area contributed by atoms with E-state index in [1.165, 1.54) is 199 Å². The largest absolute Gasteiger partial charge is 0.472 e. The van der Waals surface area contributed by atoms with Crippen molar-refractivity contribution in [2.45, 2.75) is 407 Å². The second-order valence-corrected chi connectivity index (χ2v) is 30.9. The number of carbonyl (C=O) groups is 4. The van der Waals surface area contributed by atoms with E-state index in [1.54, 1.807) is 0 Å². The van der Waals surface area contributed by atoms with Gasteiger partial charge in [-0.1, -0.05) is 337 Å². The molecule has 0 aliphatic carbocycles. The molecular formula is C75H146O17P2. The van der Waals surface area contributed by atoms with Crippen molar-refractivity contribution in [3.05, 3.63) is 0 Å². The molecule has 0 bridgehead atoms. The minimum Gasteiger partial charge on any atom is -0.462 e. The van der Waals surface area contributed by atoms with E-state index >= 15 is 0 Å². The van der Waals surface area contributed by atoms with Crippen molar-refractivity contribution in [1.29, 1.82) is 0 Å². The number of phosphoric ester groups is 2. The number of carbonyl (C=O) groups excluding carboxylic acids is 4. The maximum Gasteiger partial charge on any atom is 0.472 e. The van der Waals surface area contributed by atoms with Crippen LogP contribution in [0, 0.1) is 11.8 Å². The highest BCUT2D eigenvalue weighted by Crippen LogP contribution is 2.45. The smallest absolute Gasteiger partial charge is 0.462 e.